The predicted molar refractivity (Wildman–Crippen MR) is 120 cm³/mol. The number of amides is 1. The van der Waals surface area contributed by atoms with E-state index in [-0.39, 0.29) is 30.9 Å². The lowest BCUT2D eigenvalue weighted by atomic mass is 9.69. The number of ether oxygens (including phenoxy) is 3. The van der Waals surface area contributed by atoms with E-state index in [1.54, 1.807) is 0 Å². The van der Waals surface area contributed by atoms with Crippen molar-refractivity contribution in [1.29, 1.82) is 0 Å². The van der Waals surface area contributed by atoms with Crippen LogP contribution in [0, 0.1) is 5.41 Å². The van der Waals surface area contributed by atoms with Crippen LogP contribution in [-0.2, 0) is 33.7 Å². The molecule has 1 amide bonds. The third-order valence-corrected chi connectivity index (χ3v) is 6.67. The molecule has 3 rings (SSSR count). The van der Waals surface area contributed by atoms with Gasteiger partial charge < -0.3 is 24.8 Å². The normalized spacial score (nSPS) is 19.4. The largest absolute Gasteiger partial charge is 0.448 e. The van der Waals surface area contributed by atoms with Crippen LogP contribution in [0.5, 0.6) is 0 Å². The van der Waals surface area contributed by atoms with E-state index in [0.29, 0.717) is 45.2 Å². The van der Waals surface area contributed by atoms with Gasteiger partial charge in [-0.05, 0) is 45.4 Å². The topological polar surface area (TPSA) is 86.6 Å². The van der Waals surface area contributed by atoms with Crippen LogP contribution in [0.4, 0.5) is 13.6 Å². The zero-order valence-electron chi connectivity index (χ0n) is 20.1. The van der Waals surface area contributed by atoms with Crippen molar-refractivity contribution >= 4 is 6.09 Å². The summed E-state index contributed by atoms with van der Waals surface area (Å²) in [6, 6.07) is 0. The number of rotatable bonds is 12. The molecule has 1 saturated carbocycles. The van der Waals surface area contributed by atoms with Crippen molar-refractivity contribution in [3.63, 3.8) is 0 Å². The van der Waals surface area contributed by atoms with E-state index in [4.69, 9.17) is 14.2 Å². The first-order valence-electron chi connectivity index (χ1n) is 12.0. The van der Waals surface area contributed by atoms with Crippen molar-refractivity contribution in [1.82, 2.24) is 20.4 Å². The van der Waals surface area contributed by atoms with Crippen LogP contribution in [0.2, 0.25) is 0 Å². The standard InChI is InChI=1S/C23H38F2N4O4/c1-4-31-15-22(16-32-5-2)8-6-17(7-9-22)20-18(13-27-10-11-33-21(30)26-3)28-29-14-23(24,25)12-19(20)29/h17,27H,4-16H2,1-3H3,(H,26,30). The minimum Gasteiger partial charge on any atom is -0.448 e. The second-order valence-corrected chi connectivity index (χ2v) is 9.11. The third-order valence-electron chi connectivity index (χ3n) is 6.67. The van der Waals surface area contributed by atoms with E-state index in [9.17, 15) is 13.6 Å². The van der Waals surface area contributed by atoms with Crippen molar-refractivity contribution in [3.05, 3.63) is 17.0 Å². The highest BCUT2D eigenvalue weighted by atomic mass is 19.3. The fourth-order valence-corrected chi connectivity index (χ4v) is 4.99. The fraction of sp³-hybridized carbons (Fsp3) is 0.826. The highest BCUT2D eigenvalue weighted by Crippen LogP contribution is 2.47. The van der Waals surface area contributed by atoms with Gasteiger partial charge in [-0.3, -0.25) is 4.68 Å². The second-order valence-electron chi connectivity index (χ2n) is 9.11. The zero-order chi connectivity index (χ0) is 23.9. The Morgan fingerprint density at radius 1 is 1.18 bits per heavy atom. The zero-order valence-corrected chi connectivity index (χ0v) is 20.1. The van der Waals surface area contributed by atoms with Gasteiger partial charge in [-0.25, -0.2) is 13.6 Å². The molecule has 0 spiro atoms. The molecule has 0 unspecified atom stereocenters. The smallest absolute Gasteiger partial charge is 0.406 e. The minimum atomic E-state index is -2.74. The molecule has 0 aromatic carbocycles. The molecule has 33 heavy (non-hydrogen) atoms. The SMILES string of the molecule is CCOCC1(COCC)CCC(c2c(CNCCOC(=O)NC)nn3c2CC(F)(F)C3)CC1. The van der Waals surface area contributed by atoms with Gasteiger partial charge in [0, 0.05) is 50.0 Å². The van der Waals surface area contributed by atoms with Gasteiger partial charge in [-0.2, -0.15) is 5.10 Å². The maximum absolute atomic E-state index is 14.1. The number of carbonyl (C=O) groups is 1. The summed E-state index contributed by atoms with van der Waals surface area (Å²) in [6.45, 7) is 7.44. The average Bonchev–Trinajstić information content (AvgIpc) is 3.27. The monoisotopic (exact) mass is 472 g/mol. The fourth-order valence-electron chi connectivity index (χ4n) is 4.99. The number of alkyl halides is 2. The maximum Gasteiger partial charge on any atom is 0.406 e. The van der Waals surface area contributed by atoms with Crippen LogP contribution in [-0.4, -0.2) is 68.4 Å². The summed E-state index contributed by atoms with van der Waals surface area (Å²) in [5.74, 6) is -2.55. The lowest BCUT2D eigenvalue weighted by Gasteiger charge is -2.40. The first-order chi connectivity index (χ1) is 15.8. The van der Waals surface area contributed by atoms with E-state index in [2.05, 4.69) is 15.7 Å². The van der Waals surface area contributed by atoms with Gasteiger partial charge in [0.05, 0.1) is 25.3 Å². The van der Waals surface area contributed by atoms with Crippen LogP contribution < -0.4 is 10.6 Å². The molecule has 10 heteroatoms. The molecule has 1 aliphatic carbocycles. The third kappa shape index (κ3) is 6.64. The molecule has 0 bridgehead atoms. The quantitative estimate of drug-likeness (QED) is 0.454. The second kappa shape index (κ2) is 11.6. The van der Waals surface area contributed by atoms with Crippen LogP contribution >= 0.6 is 0 Å². The Labute approximate surface area is 194 Å². The Kier molecular flexibility index (Phi) is 9.06. The Hall–Kier alpha value is -1.78. The van der Waals surface area contributed by atoms with E-state index >= 15 is 0 Å². The summed E-state index contributed by atoms with van der Waals surface area (Å²) < 4.78 is 46.3. The van der Waals surface area contributed by atoms with E-state index in [1.165, 1.54) is 11.7 Å². The summed E-state index contributed by atoms with van der Waals surface area (Å²) in [7, 11) is 1.51. The Morgan fingerprint density at radius 2 is 1.85 bits per heavy atom. The highest BCUT2D eigenvalue weighted by Gasteiger charge is 2.44. The van der Waals surface area contributed by atoms with E-state index in [0.717, 1.165) is 36.9 Å². The number of halogens is 2. The van der Waals surface area contributed by atoms with Gasteiger partial charge in [-0.15, -0.1) is 0 Å². The summed E-state index contributed by atoms with van der Waals surface area (Å²) in [6.07, 6.45) is 2.94. The summed E-state index contributed by atoms with van der Waals surface area (Å²) in [5.41, 5.74) is 2.46. The minimum absolute atomic E-state index is 0.0155. The molecule has 1 aromatic rings. The first-order valence-corrected chi connectivity index (χ1v) is 12.0. The molecule has 1 aliphatic heterocycles. The molecule has 2 heterocycles. The van der Waals surface area contributed by atoms with Gasteiger partial charge in [0.25, 0.3) is 5.92 Å². The Bertz CT molecular complexity index is 769. The first kappa shape index (κ1) is 25.8. The van der Waals surface area contributed by atoms with Crippen molar-refractivity contribution in [2.45, 2.75) is 70.9 Å². The number of hydrogen-bond donors (Lipinski definition) is 2. The van der Waals surface area contributed by atoms with Gasteiger partial charge in [0.2, 0.25) is 0 Å². The summed E-state index contributed by atoms with van der Waals surface area (Å²) in [4.78, 5) is 11.2. The molecule has 2 aliphatic rings. The maximum atomic E-state index is 14.1. The van der Waals surface area contributed by atoms with E-state index in [1.807, 2.05) is 13.8 Å². The molecule has 2 N–H and O–H groups in total. The van der Waals surface area contributed by atoms with Gasteiger partial charge in [0.15, 0.2) is 0 Å². The number of nitrogens with zero attached hydrogens (tertiary/aromatic N) is 2. The summed E-state index contributed by atoms with van der Waals surface area (Å²) >= 11 is 0. The van der Waals surface area contributed by atoms with E-state index < -0.39 is 12.0 Å². The number of nitrogens with one attached hydrogen (secondary N) is 2. The van der Waals surface area contributed by atoms with Crippen LogP contribution in [0.15, 0.2) is 0 Å². The number of carbonyl (C=O) groups excluding carboxylic acids is 1. The van der Waals surface area contributed by atoms with Crippen LogP contribution in [0.25, 0.3) is 0 Å². The Morgan fingerprint density at radius 3 is 2.45 bits per heavy atom. The number of alkyl carbamates (subject to hydrolysis) is 1. The van der Waals surface area contributed by atoms with Gasteiger partial charge >= 0.3 is 6.09 Å². The molecule has 188 valence electrons. The number of aromatic nitrogens is 2. The van der Waals surface area contributed by atoms with Crippen molar-refractivity contribution in [2.24, 2.45) is 5.41 Å². The van der Waals surface area contributed by atoms with Crippen LogP contribution in [0.1, 0.15) is 62.4 Å². The number of hydrogen-bond acceptors (Lipinski definition) is 6. The van der Waals surface area contributed by atoms with Gasteiger partial charge in [-0.1, -0.05) is 0 Å². The van der Waals surface area contributed by atoms with Crippen molar-refractivity contribution in [3.8, 4) is 0 Å². The van der Waals surface area contributed by atoms with Crippen LogP contribution in [0.3, 0.4) is 0 Å². The molecule has 8 nitrogen and oxygen atoms in total. The van der Waals surface area contributed by atoms with Gasteiger partial charge in [0.1, 0.15) is 13.2 Å². The molecule has 0 saturated heterocycles. The average molecular weight is 473 g/mol. The highest BCUT2D eigenvalue weighted by molar-refractivity contribution is 5.66. The molecule has 1 aromatic heterocycles. The molecule has 1 fully saturated rings. The molecule has 0 radical (unpaired) electrons. The summed E-state index contributed by atoms with van der Waals surface area (Å²) in [5, 5.41) is 10.2. The molecule has 0 atom stereocenters. The molecular formula is C23H38F2N4O4. The lowest BCUT2D eigenvalue weighted by molar-refractivity contribution is -0.0396. The number of fused-ring (bicyclic) bond motifs is 1. The lowest BCUT2D eigenvalue weighted by Crippen LogP contribution is -2.36. The predicted octanol–water partition coefficient (Wildman–Crippen LogP) is 3.24. The van der Waals surface area contributed by atoms with Crippen molar-refractivity contribution < 1.29 is 27.8 Å². The molecular weight excluding hydrogens is 434 g/mol. The van der Waals surface area contributed by atoms with Crippen molar-refractivity contribution in [2.75, 3.05) is 46.6 Å². The Balaban J connectivity index is 1.69.